The number of imide groups is 1. The Bertz CT molecular complexity index is 1180. The number of halogens is 1. The van der Waals surface area contributed by atoms with Crippen LogP contribution in [0.25, 0.3) is 6.08 Å². The molecule has 0 saturated carbocycles. The third kappa shape index (κ3) is 4.73. The van der Waals surface area contributed by atoms with E-state index in [1.54, 1.807) is 6.08 Å². The highest BCUT2D eigenvalue weighted by atomic mass is 32.2. The molecular weight excluding hydrogens is 453 g/mol. The van der Waals surface area contributed by atoms with Crippen molar-refractivity contribution < 1.29 is 18.8 Å². The summed E-state index contributed by atoms with van der Waals surface area (Å²) in [4.78, 5) is 41.3. The van der Waals surface area contributed by atoms with Crippen LogP contribution in [0.2, 0.25) is 0 Å². The molecule has 6 nitrogen and oxygen atoms in total. The summed E-state index contributed by atoms with van der Waals surface area (Å²) in [5, 5.41) is 2.08. The summed E-state index contributed by atoms with van der Waals surface area (Å²) in [7, 11) is 0. The Morgan fingerprint density at radius 3 is 2.59 bits per heavy atom. The third-order valence-corrected chi connectivity index (χ3v) is 7.23. The first-order valence-corrected chi connectivity index (χ1v) is 12.1. The molecule has 2 aromatic carbocycles. The van der Waals surface area contributed by atoms with E-state index in [2.05, 4.69) is 50.0 Å². The number of fused-ring (bicyclic) bond motifs is 1. The molecule has 0 spiro atoms. The first-order chi connectivity index (χ1) is 16.1. The zero-order chi connectivity index (χ0) is 24.6. The van der Waals surface area contributed by atoms with Crippen molar-refractivity contribution in [3.05, 3.63) is 64.3 Å². The van der Waals surface area contributed by atoms with Crippen molar-refractivity contribution in [1.82, 2.24) is 4.90 Å². The van der Waals surface area contributed by atoms with Gasteiger partial charge in [0.15, 0.2) is 0 Å². The van der Waals surface area contributed by atoms with Crippen LogP contribution in [0.3, 0.4) is 0 Å². The minimum Gasteiger partial charge on any atom is -0.366 e. The molecule has 8 heteroatoms. The maximum Gasteiger partial charge on any atom is 0.294 e. The molecule has 2 heterocycles. The topological polar surface area (TPSA) is 69.7 Å². The smallest absolute Gasteiger partial charge is 0.294 e. The highest BCUT2D eigenvalue weighted by Crippen LogP contribution is 2.44. The summed E-state index contributed by atoms with van der Waals surface area (Å²) in [5.74, 6) is -1.07. The van der Waals surface area contributed by atoms with Crippen LogP contribution in [0, 0.1) is 5.82 Å². The fourth-order valence-corrected chi connectivity index (χ4v) is 5.70. The Balaban J connectivity index is 1.50. The minimum absolute atomic E-state index is 0.0693. The van der Waals surface area contributed by atoms with Gasteiger partial charge in [-0.2, -0.15) is 0 Å². The Kier molecular flexibility index (Phi) is 6.53. The lowest BCUT2D eigenvalue weighted by Gasteiger charge is -2.47. The molecule has 3 amide bonds. The van der Waals surface area contributed by atoms with Crippen LogP contribution >= 0.6 is 11.8 Å². The molecule has 0 aromatic heterocycles. The second-order valence-electron chi connectivity index (χ2n) is 9.30. The lowest BCUT2D eigenvalue weighted by atomic mass is 9.79. The molecule has 0 radical (unpaired) electrons. The van der Waals surface area contributed by atoms with E-state index in [1.807, 2.05) is 6.07 Å². The molecule has 2 aliphatic heterocycles. The van der Waals surface area contributed by atoms with E-state index in [4.69, 9.17) is 0 Å². The SMILES string of the molecule is CCN1c2ccc(/C=C3/SC(=O)N(CC(=O)Nc4ccc(F)cc4)C3=O)cc2C(C)CC1(C)C. The number of benzene rings is 2. The first kappa shape index (κ1) is 24.0. The first-order valence-electron chi connectivity index (χ1n) is 11.3. The zero-order valence-corrected chi connectivity index (χ0v) is 20.5. The molecule has 0 bridgehead atoms. The number of nitrogens with zero attached hydrogens (tertiary/aromatic N) is 2. The van der Waals surface area contributed by atoms with Crippen molar-refractivity contribution in [2.24, 2.45) is 0 Å². The Labute approximate surface area is 203 Å². The second-order valence-corrected chi connectivity index (χ2v) is 10.3. The van der Waals surface area contributed by atoms with Gasteiger partial charge in [-0.15, -0.1) is 0 Å². The summed E-state index contributed by atoms with van der Waals surface area (Å²) in [6.07, 6.45) is 2.74. The molecule has 1 saturated heterocycles. The number of nitrogens with one attached hydrogen (secondary N) is 1. The van der Waals surface area contributed by atoms with E-state index in [0.29, 0.717) is 11.6 Å². The molecule has 1 N–H and O–H groups in total. The van der Waals surface area contributed by atoms with Gasteiger partial charge in [-0.3, -0.25) is 19.3 Å². The fourth-order valence-electron chi connectivity index (χ4n) is 4.86. The average Bonchev–Trinajstić information content (AvgIpc) is 3.02. The summed E-state index contributed by atoms with van der Waals surface area (Å²) < 4.78 is 13.0. The van der Waals surface area contributed by atoms with Crippen molar-refractivity contribution in [2.75, 3.05) is 23.3 Å². The van der Waals surface area contributed by atoms with Gasteiger partial charge in [-0.1, -0.05) is 13.0 Å². The average molecular weight is 482 g/mol. The highest BCUT2D eigenvalue weighted by Gasteiger charge is 2.37. The lowest BCUT2D eigenvalue weighted by Crippen LogP contribution is -2.48. The predicted octanol–water partition coefficient (Wildman–Crippen LogP) is 5.61. The predicted molar refractivity (Wildman–Crippen MR) is 134 cm³/mol. The Morgan fingerprint density at radius 2 is 1.91 bits per heavy atom. The van der Waals surface area contributed by atoms with E-state index in [9.17, 15) is 18.8 Å². The molecule has 178 valence electrons. The van der Waals surface area contributed by atoms with Gasteiger partial charge in [0.25, 0.3) is 11.1 Å². The van der Waals surface area contributed by atoms with E-state index in [-0.39, 0.29) is 10.4 Å². The zero-order valence-electron chi connectivity index (χ0n) is 19.7. The summed E-state index contributed by atoms with van der Waals surface area (Å²) in [6, 6.07) is 11.4. The standard InChI is InChI=1S/C26H28FN3O3S/c1-5-30-21-11-6-17(12-20(21)16(2)14-26(30,3)4)13-22-24(32)29(25(33)34-22)15-23(31)28-19-9-7-18(27)8-10-19/h6-13,16H,5,14-15H2,1-4H3,(H,28,31)/b22-13+. The number of amides is 3. The Morgan fingerprint density at radius 1 is 1.21 bits per heavy atom. The van der Waals surface area contributed by atoms with Crippen LogP contribution in [0.15, 0.2) is 47.4 Å². The van der Waals surface area contributed by atoms with Gasteiger partial charge < -0.3 is 10.2 Å². The van der Waals surface area contributed by atoms with Gasteiger partial charge in [-0.05, 0) is 98.5 Å². The van der Waals surface area contributed by atoms with Crippen LogP contribution < -0.4 is 10.2 Å². The van der Waals surface area contributed by atoms with E-state index in [0.717, 1.165) is 35.2 Å². The number of hydrogen-bond donors (Lipinski definition) is 1. The molecule has 2 aromatic rings. The van der Waals surface area contributed by atoms with Crippen molar-refractivity contribution in [3.8, 4) is 0 Å². The number of hydrogen-bond acceptors (Lipinski definition) is 5. The van der Waals surface area contributed by atoms with Crippen LogP contribution in [0.5, 0.6) is 0 Å². The van der Waals surface area contributed by atoms with Gasteiger partial charge in [0.1, 0.15) is 12.4 Å². The van der Waals surface area contributed by atoms with Crippen LogP contribution in [0.4, 0.5) is 20.6 Å². The summed E-state index contributed by atoms with van der Waals surface area (Å²) in [5.41, 5.74) is 3.74. The molecular formula is C26H28FN3O3S. The molecule has 34 heavy (non-hydrogen) atoms. The largest absolute Gasteiger partial charge is 0.366 e. The Hall–Kier alpha value is -3.13. The van der Waals surface area contributed by atoms with Crippen LogP contribution in [-0.2, 0) is 9.59 Å². The molecule has 0 aliphatic carbocycles. The second kappa shape index (κ2) is 9.25. The number of carbonyl (C=O) groups excluding carboxylic acids is 3. The maximum atomic E-state index is 13.0. The van der Waals surface area contributed by atoms with Crippen molar-refractivity contribution in [2.45, 2.75) is 45.6 Å². The van der Waals surface area contributed by atoms with Crippen LogP contribution in [-0.4, -0.2) is 40.6 Å². The highest BCUT2D eigenvalue weighted by molar-refractivity contribution is 8.18. The van der Waals surface area contributed by atoms with Gasteiger partial charge in [0.05, 0.1) is 4.91 Å². The normalized spacial score (nSPS) is 20.6. The van der Waals surface area contributed by atoms with Crippen molar-refractivity contribution in [1.29, 1.82) is 0 Å². The maximum absolute atomic E-state index is 13.0. The fraction of sp³-hybridized carbons (Fsp3) is 0.346. The van der Waals surface area contributed by atoms with Gasteiger partial charge >= 0.3 is 0 Å². The van der Waals surface area contributed by atoms with Crippen LogP contribution in [0.1, 0.15) is 51.2 Å². The number of anilines is 2. The molecule has 1 fully saturated rings. The lowest BCUT2D eigenvalue weighted by molar-refractivity contribution is -0.127. The number of thioether (sulfide) groups is 1. The van der Waals surface area contributed by atoms with E-state index in [1.165, 1.54) is 35.5 Å². The van der Waals surface area contributed by atoms with E-state index >= 15 is 0 Å². The van der Waals surface area contributed by atoms with Gasteiger partial charge in [-0.25, -0.2) is 4.39 Å². The summed E-state index contributed by atoms with van der Waals surface area (Å²) >= 11 is 0.828. The molecule has 1 atom stereocenters. The quantitative estimate of drug-likeness (QED) is 0.562. The minimum atomic E-state index is -0.528. The number of carbonyl (C=O) groups is 3. The molecule has 1 unspecified atom stereocenters. The molecule has 4 rings (SSSR count). The van der Waals surface area contributed by atoms with Crippen molar-refractivity contribution in [3.63, 3.8) is 0 Å². The monoisotopic (exact) mass is 481 g/mol. The number of rotatable bonds is 5. The molecule has 2 aliphatic rings. The van der Waals surface area contributed by atoms with Crippen molar-refractivity contribution >= 4 is 46.3 Å². The van der Waals surface area contributed by atoms with E-state index < -0.39 is 29.4 Å². The van der Waals surface area contributed by atoms with Gasteiger partial charge in [0, 0.05) is 23.5 Å². The van der Waals surface area contributed by atoms with Gasteiger partial charge in [0.2, 0.25) is 5.91 Å². The summed E-state index contributed by atoms with van der Waals surface area (Å²) in [6.45, 7) is 9.38. The third-order valence-electron chi connectivity index (χ3n) is 6.33.